The SMILES string of the molecule is CC1(C)Cc2cccc(OCC(=O)N3CC[C@@H](Oc4ncc(F)cn4)C3)c2O1. The first-order chi connectivity index (χ1) is 13.4. The number of carbonyl (C=O) groups excluding carboxylic acids is 1. The quantitative estimate of drug-likeness (QED) is 0.784. The van der Waals surface area contributed by atoms with Crippen LogP contribution in [0.4, 0.5) is 4.39 Å². The molecule has 0 saturated carbocycles. The molecular formula is C20H22FN3O4. The molecule has 2 aliphatic rings. The highest BCUT2D eigenvalue weighted by atomic mass is 19.1. The Bertz CT molecular complexity index is 872. The van der Waals surface area contributed by atoms with Crippen molar-refractivity contribution in [3.05, 3.63) is 42.0 Å². The van der Waals surface area contributed by atoms with Crippen LogP contribution in [0.25, 0.3) is 0 Å². The van der Waals surface area contributed by atoms with Gasteiger partial charge in [-0.15, -0.1) is 0 Å². The number of hydrogen-bond acceptors (Lipinski definition) is 6. The fourth-order valence-electron chi connectivity index (χ4n) is 3.49. The first-order valence-electron chi connectivity index (χ1n) is 9.25. The molecule has 4 rings (SSSR count). The van der Waals surface area contributed by atoms with E-state index in [9.17, 15) is 9.18 Å². The first-order valence-corrected chi connectivity index (χ1v) is 9.25. The Balaban J connectivity index is 1.31. The van der Waals surface area contributed by atoms with Crippen LogP contribution in [0, 0.1) is 5.82 Å². The van der Waals surface area contributed by atoms with Gasteiger partial charge >= 0.3 is 6.01 Å². The van der Waals surface area contributed by atoms with Crippen LogP contribution < -0.4 is 14.2 Å². The fourth-order valence-corrected chi connectivity index (χ4v) is 3.49. The van der Waals surface area contributed by atoms with E-state index in [0.29, 0.717) is 25.3 Å². The third-order valence-electron chi connectivity index (χ3n) is 4.77. The molecule has 2 aromatic rings. The van der Waals surface area contributed by atoms with E-state index in [0.717, 1.165) is 30.1 Å². The number of para-hydroxylation sites is 1. The topological polar surface area (TPSA) is 73.8 Å². The number of hydrogen-bond donors (Lipinski definition) is 0. The lowest BCUT2D eigenvalue weighted by atomic mass is 10.0. The molecule has 0 bridgehead atoms. The zero-order valence-electron chi connectivity index (χ0n) is 15.9. The summed E-state index contributed by atoms with van der Waals surface area (Å²) in [5.41, 5.74) is 0.817. The number of nitrogens with zero attached hydrogens (tertiary/aromatic N) is 3. The van der Waals surface area contributed by atoms with Crippen molar-refractivity contribution in [3.63, 3.8) is 0 Å². The second-order valence-electron chi connectivity index (χ2n) is 7.62. The molecule has 1 aromatic carbocycles. The molecule has 148 valence electrons. The van der Waals surface area contributed by atoms with Crippen molar-refractivity contribution >= 4 is 5.91 Å². The summed E-state index contributed by atoms with van der Waals surface area (Å²) in [4.78, 5) is 21.8. The molecule has 0 N–H and O–H groups in total. The van der Waals surface area contributed by atoms with Gasteiger partial charge in [0.05, 0.1) is 18.9 Å². The third kappa shape index (κ3) is 4.00. The van der Waals surface area contributed by atoms with Crippen LogP contribution in [-0.2, 0) is 11.2 Å². The van der Waals surface area contributed by atoms with Gasteiger partial charge < -0.3 is 19.1 Å². The lowest BCUT2D eigenvalue weighted by Gasteiger charge is -2.19. The van der Waals surface area contributed by atoms with E-state index in [1.165, 1.54) is 0 Å². The van der Waals surface area contributed by atoms with Gasteiger partial charge in [0.2, 0.25) is 0 Å². The Kier molecular flexibility index (Phi) is 4.78. The van der Waals surface area contributed by atoms with Gasteiger partial charge in [-0.1, -0.05) is 12.1 Å². The number of fused-ring (bicyclic) bond motifs is 1. The Labute approximate surface area is 162 Å². The molecule has 7 nitrogen and oxygen atoms in total. The molecule has 28 heavy (non-hydrogen) atoms. The molecule has 2 aliphatic heterocycles. The summed E-state index contributed by atoms with van der Waals surface area (Å²) >= 11 is 0. The summed E-state index contributed by atoms with van der Waals surface area (Å²) < 4.78 is 30.2. The van der Waals surface area contributed by atoms with Gasteiger partial charge in [-0.05, 0) is 19.9 Å². The average Bonchev–Trinajstić information content (AvgIpc) is 3.24. The van der Waals surface area contributed by atoms with E-state index in [-0.39, 0.29) is 30.2 Å². The zero-order valence-corrected chi connectivity index (χ0v) is 15.9. The highest BCUT2D eigenvalue weighted by Crippen LogP contribution is 2.41. The maximum atomic E-state index is 12.9. The largest absolute Gasteiger partial charge is 0.483 e. The molecule has 1 saturated heterocycles. The maximum absolute atomic E-state index is 12.9. The molecule has 1 aromatic heterocycles. The fraction of sp³-hybridized carbons (Fsp3) is 0.450. The standard InChI is InChI=1S/C20H22FN3O4/c1-20(2)8-13-4-3-5-16(18(13)28-20)26-12-17(25)24-7-6-15(11-24)27-19-22-9-14(21)10-23-19/h3-5,9-10,15H,6-8,11-12H2,1-2H3/t15-/m1/s1. The van der Waals surface area contributed by atoms with Crippen LogP contribution in [0.1, 0.15) is 25.8 Å². The van der Waals surface area contributed by atoms with Crippen molar-refractivity contribution in [2.75, 3.05) is 19.7 Å². The highest BCUT2D eigenvalue weighted by molar-refractivity contribution is 5.78. The minimum atomic E-state index is -0.521. The number of ether oxygens (including phenoxy) is 3. The van der Waals surface area contributed by atoms with Crippen molar-refractivity contribution in [1.29, 1.82) is 0 Å². The van der Waals surface area contributed by atoms with Crippen LogP contribution in [0.15, 0.2) is 30.6 Å². The number of halogens is 1. The van der Waals surface area contributed by atoms with Crippen molar-refractivity contribution < 1.29 is 23.4 Å². The van der Waals surface area contributed by atoms with Crippen molar-refractivity contribution in [2.24, 2.45) is 0 Å². The van der Waals surface area contributed by atoms with Crippen molar-refractivity contribution in [1.82, 2.24) is 14.9 Å². The molecule has 3 heterocycles. The summed E-state index contributed by atoms with van der Waals surface area (Å²) in [6.07, 6.45) is 3.35. The first kappa shape index (κ1) is 18.5. The summed E-state index contributed by atoms with van der Waals surface area (Å²) in [7, 11) is 0. The molecule has 1 atom stereocenters. The molecule has 0 radical (unpaired) electrons. The van der Waals surface area contributed by atoms with E-state index in [4.69, 9.17) is 14.2 Å². The maximum Gasteiger partial charge on any atom is 0.316 e. The van der Waals surface area contributed by atoms with Gasteiger partial charge in [-0.3, -0.25) is 4.79 Å². The van der Waals surface area contributed by atoms with Crippen LogP contribution >= 0.6 is 0 Å². The second-order valence-corrected chi connectivity index (χ2v) is 7.62. The van der Waals surface area contributed by atoms with Gasteiger partial charge in [0, 0.05) is 24.9 Å². The molecule has 1 amide bonds. The molecule has 0 unspecified atom stereocenters. The number of amides is 1. The number of rotatable bonds is 5. The van der Waals surface area contributed by atoms with Gasteiger partial charge in [0.1, 0.15) is 11.7 Å². The zero-order chi connectivity index (χ0) is 19.7. The van der Waals surface area contributed by atoms with Crippen molar-refractivity contribution in [3.8, 4) is 17.5 Å². The number of benzene rings is 1. The Morgan fingerprint density at radius 1 is 1.36 bits per heavy atom. The second kappa shape index (κ2) is 7.26. The van der Waals surface area contributed by atoms with E-state index >= 15 is 0 Å². The van der Waals surface area contributed by atoms with Crippen molar-refractivity contribution in [2.45, 2.75) is 38.4 Å². The molecular weight excluding hydrogens is 365 g/mol. The minimum absolute atomic E-state index is 0.0694. The van der Waals surface area contributed by atoms with Gasteiger partial charge in [-0.25, -0.2) is 14.4 Å². The molecule has 8 heteroatoms. The normalized spacial score (nSPS) is 19.8. The predicted octanol–water partition coefficient (Wildman–Crippen LogP) is 2.39. The molecule has 0 aliphatic carbocycles. The number of likely N-dealkylation sites (tertiary alicyclic amines) is 1. The van der Waals surface area contributed by atoms with Crippen LogP contribution in [0.5, 0.6) is 17.5 Å². The number of carbonyl (C=O) groups is 1. The van der Waals surface area contributed by atoms with Gasteiger partial charge in [-0.2, -0.15) is 0 Å². The predicted molar refractivity (Wildman–Crippen MR) is 98.0 cm³/mol. The Hall–Kier alpha value is -2.90. The van der Waals surface area contributed by atoms with E-state index in [1.807, 2.05) is 32.0 Å². The monoisotopic (exact) mass is 387 g/mol. The Morgan fingerprint density at radius 3 is 2.93 bits per heavy atom. The average molecular weight is 387 g/mol. The summed E-state index contributed by atoms with van der Waals surface area (Å²) in [5, 5.41) is 0. The lowest BCUT2D eigenvalue weighted by Crippen LogP contribution is -2.34. The third-order valence-corrected chi connectivity index (χ3v) is 4.77. The lowest BCUT2D eigenvalue weighted by molar-refractivity contribution is -0.132. The smallest absolute Gasteiger partial charge is 0.316 e. The highest BCUT2D eigenvalue weighted by Gasteiger charge is 2.33. The van der Waals surface area contributed by atoms with Crippen LogP contribution in [0.3, 0.4) is 0 Å². The van der Waals surface area contributed by atoms with Gasteiger partial charge in [0.25, 0.3) is 5.91 Å². The van der Waals surface area contributed by atoms with E-state index in [2.05, 4.69) is 9.97 Å². The van der Waals surface area contributed by atoms with E-state index < -0.39 is 5.82 Å². The number of aromatic nitrogens is 2. The summed E-state index contributed by atoms with van der Waals surface area (Å²) in [6.45, 7) is 4.96. The Morgan fingerprint density at radius 2 is 2.14 bits per heavy atom. The molecule has 0 spiro atoms. The minimum Gasteiger partial charge on any atom is -0.483 e. The van der Waals surface area contributed by atoms with Crippen LogP contribution in [0.2, 0.25) is 0 Å². The van der Waals surface area contributed by atoms with Crippen LogP contribution in [-0.4, -0.2) is 52.2 Å². The van der Waals surface area contributed by atoms with Gasteiger partial charge in [0.15, 0.2) is 23.9 Å². The molecule has 1 fully saturated rings. The van der Waals surface area contributed by atoms with E-state index in [1.54, 1.807) is 4.90 Å². The summed E-state index contributed by atoms with van der Waals surface area (Å²) in [5.74, 6) is 0.660. The summed E-state index contributed by atoms with van der Waals surface area (Å²) in [6, 6.07) is 5.84.